The van der Waals surface area contributed by atoms with Crippen LogP contribution in [-0.2, 0) is 4.79 Å². The number of rotatable bonds is 1. The lowest BCUT2D eigenvalue weighted by Crippen LogP contribution is -2.38. The lowest BCUT2D eigenvalue weighted by Gasteiger charge is -2.19. The number of hydrogen-bond acceptors (Lipinski definition) is 2. The molecular formula is C8H12N2O. The quantitative estimate of drug-likeness (QED) is 0.518. The lowest BCUT2D eigenvalue weighted by molar-refractivity contribution is -0.129. The number of likely N-dealkylation sites (tertiary alicyclic amines) is 1. The van der Waals surface area contributed by atoms with Crippen LogP contribution in [0.4, 0.5) is 0 Å². The van der Waals surface area contributed by atoms with E-state index in [2.05, 4.69) is 5.92 Å². The first-order chi connectivity index (χ1) is 5.29. The Balaban J connectivity index is 2.58. The Morgan fingerprint density at radius 3 is 3.09 bits per heavy atom. The average Bonchev–Trinajstić information content (AvgIpc) is 2.50. The van der Waals surface area contributed by atoms with Crippen molar-refractivity contribution in [3.8, 4) is 12.3 Å². The van der Waals surface area contributed by atoms with E-state index in [1.54, 1.807) is 4.90 Å². The number of carbonyl (C=O) groups excluding carboxylic acids is 1. The molecule has 0 radical (unpaired) electrons. The molecule has 11 heavy (non-hydrogen) atoms. The molecule has 1 fully saturated rings. The van der Waals surface area contributed by atoms with Crippen LogP contribution in [0.5, 0.6) is 0 Å². The second kappa shape index (κ2) is 3.40. The third-order valence-corrected chi connectivity index (χ3v) is 1.94. The Hall–Kier alpha value is -1.01. The maximum Gasteiger partial charge on any atom is 0.237 e. The van der Waals surface area contributed by atoms with Gasteiger partial charge in [0.15, 0.2) is 0 Å². The third-order valence-electron chi connectivity index (χ3n) is 1.94. The first-order valence-electron chi connectivity index (χ1n) is 3.75. The predicted molar refractivity (Wildman–Crippen MR) is 42.6 cm³/mol. The van der Waals surface area contributed by atoms with Crippen molar-refractivity contribution >= 4 is 5.91 Å². The molecule has 2 N–H and O–H groups in total. The van der Waals surface area contributed by atoms with Gasteiger partial charge in [0.25, 0.3) is 0 Å². The first kappa shape index (κ1) is 8.09. The van der Waals surface area contributed by atoms with Gasteiger partial charge in [0, 0.05) is 6.54 Å². The van der Waals surface area contributed by atoms with Gasteiger partial charge >= 0.3 is 0 Å². The summed E-state index contributed by atoms with van der Waals surface area (Å²) >= 11 is 0. The van der Waals surface area contributed by atoms with E-state index in [-0.39, 0.29) is 18.5 Å². The van der Waals surface area contributed by atoms with Gasteiger partial charge in [0.2, 0.25) is 5.91 Å². The second-order valence-corrected chi connectivity index (χ2v) is 2.62. The zero-order valence-electron chi connectivity index (χ0n) is 6.42. The van der Waals surface area contributed by atoms with Gasteiger partial charge in [-0.1, -0.05) is 5.92 Å². The number of carbonyl (C=O) groups is 1. The average molecular weight is 152 g/mol. The van der Waals surface area contributed by atoms with Crippen LogP contribution in [0.2, 0.25) is 0 Å². The molecule has 1 rings (SSSR count). The summed E-state index contributed by atoms with van der Waals surface area (Å²) in [6, 6.07) is -0.00829. The fourth-order valence-electron chi connectivity index (χ4n) is 1.36. The summed E-state index contributed by atoms with van der Waals surface area (Å²) in [5.41, 5.74) is 5.21. The Bertz CT molecular complexity index is 195. The molecule has 0 spiro atoms. The standard InChI is InChI=1S/C8H12N2O/c1-2-7-4-3-5-10(7)8(11)6-9/h1,7H,3-6,9H2/t7-/m1/s1. The highest BCUT2D eigenvalue weighted by Crippen LogP contribution is 2.15. The normalized spacial score (nSPS) is 23.3. The summed E-state index contributed by atoms with van der Waals surface area (Å²) in [7, 11) is 0. The van der Waals surface area contributed by atoms with E-state index in [9.17, 15) is 4.79 Å². The van der Waals surface area contributed by atoms with Crippen LogP contribution in [0.15, 0.2) is 0 Å². The van der Waals surface area contributed by atoms with E-state index < -0.39 is 0 Å². The Labute approximate surface area is 66.5 Å². The minimum atomic E-state index is -0.0366. The maximum absolute atomic E-state index is 11.1. The summed E-state index contributed by atoms with van der Waals surface area (Å²) < 4.78 is 0. The van der Waals surface area contributed by atoms with Gasteiger partial charge in [0.05, 0.1) is 12.6 Å². The van der Waals surface area contributed by atoms with Gasteiger partial charge in [-0.2, -0.15) is 0 Å². The topological polar surface area (TPSA) is 46.3 Å². The molecule has 1 saturated heterocycles. The van der Waals surface area contributed by atoms with Crippen LogP contribution in [0.25, 0.3) is 0 Å². The molecule has 60 valence electrons. The third kappa shape index (κ3) is 1.52. The molecule has 1 heterocycles. The molecule has 1 aliphatic rings. The molecular weight excluding hydrogens is 140 g/mol. The van der Waals surface area contributed by atoms with Crippen LogP contribution < -0.4 is 5.73 Å². The summed E-state index contributed by atoms with van der Waals surface area (Å²) in [6.07, 6.45) is 7.15. The molecule has 0 aromatic carbocycles. The van der Waals surface area contributed by atoms with Crippen molar-refractivity contribution in [2.75, 3.05) is 13.1 Å². The van der Waals surface area contributed by atoms with E-state index in [1.165, 1.54) is 0 Å². The van der Waals surface area contributed by atoms with Gasteiger partial charge in [-0.3, -0.25) is 4.79 Å². The molecule has 3 nitrogen and oxygen atoms in total. The van der Waals surface area contributed by atoms with Crippen LogP contribution in [0.1, 0.15) is 12.8 Å². The van der Waals surface area contributed by atoms with Crippen molar-refractivity contribution in [3.63, 3.8) is 0 Å². The van der Waals surface area contributed by atoms with E-state index in [0.717, 1.165) is 19.4 Å². The van der Waals surface area contributed by atoms with Gasteiger partial charge in [-0.15, -0.1) is 6.42 Å². The number of terminal acetylenes is 1. The second-order valence-electron chi connectivity index (χ2n) is 2.62. The smallest absolute Gasteiger partial charge is 0.237 e. The molecule has 0 saturated carbocycles. The van der Waals surface area contributed by atoms with E-state index in [1.807, 2.05) is 0 Å². The van der Waals surface area contributed by atoms with Crippen LogP contribution in [0, 0.1) is 12.3 Å². The minimum absolute atomic E-state index is 0.00829. The minimum Gasteiger partial charge on any atom is -0.328 e. The van der Waals surface area contributed by atoms with Crippen molar-refractivity contribution in [1.82, 2.24) is 4.90 Å². The van der Waals surface area contributed by atoms with Crippen molar-refractivity contribution in [2.45, 2.75) is 18.9 Å². The monoisotopic (exact) mass is 152 g/mol. The first-order valence-corrected chi connectivity index (χ1v) is 3.75. The Morgan fingerprint density at radius 2 is 2.55 bits per heavy atom. The molecule has 0 aliphatic carbocycles. The van der Waals surface area contributed by atoms with Gasteiger partial charge in [-0.25, -0.2) is 0 Å². The van der Waals surface area contributed by atoms with Crippen LogP contribution in [-0.4, -0.2) is 29.9 Å². The zero-order valence-corrected chi connectivity index (χ0v) is 6.42. The van der Waals surface area contributed by atoms with Gasteiger partial charge in [-0.05, 0) is 12.8 Å². The molecule has 0 aromatic heterocycles. The molecule has 1 aliphatic heterocycles. The summed E-state index contributed by atoms with van der Waals surface area (Å²) in [5, 5.41) is 0. The van der Waals surface area contributed by atoms with Crippen molar-refractivity contribution in [3.05, 3.63) is 0 Å². The highest BCUT2D eigenvalue weighted by atomic mass is 16.2. The van der Waals surface area contributed by atoms with Crippen molar-refractivity contribution in [1.29, 1.82) is 0 Å². The number of nitrogens with zero attached hydrogens (tertiary/aromatic N) is 1. The number of nitrogens with two attached hydrogens (primary N) is 1. The molecule has 1 amide bonds. The molecule has 0 aromatic rings. The highest BCUT2D eigenvalue weighted by Gasteiger charge is 2.25. The molecule has 3 heteroatoms. The van der Waals surface area contributed by atoms with Crippen LogP contribution in [0.3, 0.4) is 0 Å². The van der Waals surface area contributed by atoms with Crippen molar-refractivity contribution in [2.24, 2.45) is 5.73 Å². The van der Waals surface area contributed by atoms with Crippen molar-refractivity contribution < 1.29 is 4.79 Å². The van der Waals surface area contributed by atoms with Crippen LogP contribution >= 0.6 is 0 Å². The summed E-state index contributed by atoms with van der Waals surface area (Å²) in [5.74, 6) is 2.54. The molecule has 0 bridgehead atoms. The SMILES string of the molecule is C#C[C@@H]1CCCN1C(=O)CN. The molecule has 1 atom stereocenters. The van der Waals surface area contributed by atoms with Gasteiger partial charge in [0.1, 0.15) is 0 Å². The number of amides is 1. The van der Waals surface area contributed by atoms with Gasteiger partial charge < -0.3 is 10.6 Å². The largest absolute Gasteiger partial charge is 0.328 e. The highest BCUT2D eigenvalue weighted by molar-refractivity contribution is 5.79. The summed E-state index contributed by atoms with van der Waals surface area (Å²) in [6.45, 7) is 0.836. The Kier molecular flexibility index (Phi) is 2.50. The van der Waals surface area contributed by atoms with E-state index >= 15 is 0 Å². The fraction of sp³-hybridized carbons (Fsp3) is 0.625. The van der Waals surface area contributed by atoms with E-state index in [0.29, 0.717) is 0 Å². The van der Waals surface area contributed by atoms with E-state index in [4.69, 9.17) is 12.2 Å². The fourth-order valence-corrected chi connectivity index (χ4v) is 1.36. The predicted octanol–water partition coefficient (Wildman–Crippen LogP) is -0.431. The maximum atomic E-state index is 11.1. The Morgan fingerprint density at radius 1 is 1.82 bits per heavy atom. The molecule has 0 unspecified atom stereocenters. The zero-order chi connectivity index (χ0) is 8.27. The number of hydrogen-bond donors (Lipinski definition) is 1. The lowest BCUT2D eigenvalue weighted by atomic mass is 10.2. The summed E-state index contributed by atoms with van der Waals surface area (Å²) in [4.78, 5) is 12.8.